The van der Waals surface area contributed by atoms with E-state index in [-0.39, 0.29) is 14.5 Å². The molecule has 0 bridgehead atoms. The number of hydrogen-bond acceptors (Lipinski definition) is 8. The van der Waals surface area contributed by atoms with E-state index >= 15 is 0 Å². The quantitative estimate of drug-likeness (QED) is 0.275. The molecular weight excluding hydrogens is 369 g/mol. The summed E-state index contributed by atoms with van der Waals surface area (Å²) in [4.78, 5) is 24.3. The van der Waals surface area contributed by atoms with Crippen molar-refractivity contribution >= 4 is 7.92 Å². The fourth-order valence-electron chi connectivity index (χ4n) is 2.15. The van der Waals surface area contributed by atoms with Gasteiger partial charge in [-0.15, -0.1) is 0 Å². The third-order valence-corrected chi connectivity index (χ3v) is 4.24. The van der Waals surface area contributed by atoms with Crippen molar-refractivity contribution in [2.75, 3.05) is 33.9 Å². The number of nitrogens with one attached hydrogen (secondary N) is 1. The van der Waals surface area contributed by atoms with Gasteiger partial charge in [-0.3, -0.25) is 14.3 Å². The Hall–Kier alpha value is -1.55. The van der Waals surface area contributed by atoms with Crippen LogP contribution in [0.4, 0.5) is 0 Å². The van der Waals surface area contributed by atoms with Gasteiger partial charge in [-0.05, 0) is 0 Å². The number of H-pyrrole nitrogens is 1. The summed E-state index contributed by atoms with van der Waals surface area (Å²) >= 11 is 0. The zero-order valence-corrected chi connectivity index (χ0v) is 15.2. The standard InChI is InChI=1S/C9H12N2O6.C5H11NO2P/c12-3-4-6(14)7(15)8(17-4)11-2-1-5(13)10-9(11)16;1-6(2,3-4-7)5-9-8/h1-2,4,6-8,12,14-15H,3H2,(H,10,13,16);7H,3-4H2,1-2H3/q;+1/t4-,6-,7-,8-;/m1./s1. The molecule has 26 heavy (non-hydrogen) atoms. The number of aromatic nitrogens is 2. The number of rotatable bonds is 4. The van der Waals surface area contributed by atoms with E-state index in [1.165, 1.54) is 0 Å². The number of aliphatic hydroxyl groups is 4. The summed E-state index contributed by atoms with van der Waals surface area (Å²) in [5.41, 5.74) is -1.33. The van der Waals surface area contributed by atoms with E-state index in [0.29, 0.717) is 11.0 Å². The molecule has 11 nitrogen and oxygen atoms in total. The number of quaternary nitrogens is 1. The summed E-state index contributed by atoms with van der Waals surface area (Å²) in [6.45, 7) is 0.164. The first kappa shape index (κ1) is 22.5. The molecule has 0 unspecified atom stereocenters. The molecule has 4 atom stereocenters. The summed E-state index contributed by atoms with van der Waals surface area (Å²) in [5, 5.41) is 36.5. The average molecular weight is 392 g/mol. The normalized spacial score (nSPS) is 25.2. The summed E-state index contributed by atoms with van der Waals surface area (Å²) in [5.74, 6) is 2.62. The van der Waals surface area contributed by atoms with Crippen LogP contribution in [0.5, 0.6) is 0 Å². The van der Waals surface area contributed by atoms with Crippen molar-refractivity contribution < 1.29 is 34.2 Å². The van der Waals surface area contributed by atoms with Crippen molar-refractivity contribution in [2.24, 2.45) is 0 Å². The molecule has 1 fully saturated rings. The molecule has 0 amide bonds. The Kier molecular flexibility index (Phi) is 8.61. The number of aromatic amines is 1. The van der Waals surface area contributed by atoms with Gasteiger partial charge in [0.25, 0.3) is 5.56 Å². The van der Waals surface area contributed by atoms with E-state index in [2.05, 4.69) is 5.75 Å². The topological polar surface area (TPSA) is 162 Å². The molecule has 0 aromatic carbocycles. The molecule has 1 aromatic heterocycles. The minimum absolute atomic E-state index is 0.0928. The van der Waals surface area contributed by atoms with E-state index in [4.69, 9.17) is 14.9 Å². The Morgan fingerprint density at radius 3 is 2.42 bits per heavy atom. The third-order valence-electron chi connectivity index (χ3n) is 3.61. The maximum Gasteiger partial charge on any atom is 0.330 e. The summed E-state index contributed by atoms with van der Waals surface area (Å²) < 4.78 is 16.4. The molecule has 0 aliphatic carbocycles. The Labute approximate surface area is 149 Å². The maximum absolute atomic E-state index is 11.4. The largest absolute Gasteiger partial charge is 0.394 e. The number of nitrogens with zero attached hydrogens (tertiary/aromatic N) is 2. The molecule has 12 heteroatoms. The third kappa shape index (κ3) is 6.01. The van der Waals surface area contributed by atoms with Crippen LogP contribution in [0.3, 0.4) is 0 Å². The predicted molar refractivity (Wildman–Crippen MR) is 89.9 cm³/mol. The van der Waals surface area contributed by atoms with Crippen LogP contribution in [0.1, 0.15) is 6.23 Å². The van der Waals surface area contributed by atoms with Crippen LogP contribution < -0.4 is 11.2 Å². The fourth-order valence-corrected chi connectivity index (χ4v) is 2.47. The molecule has 146 valence electrons. The SMILES string of the molecule is C[N+](C)(C#P=O)CCO.O=c1ccn([C@@H]2O[C@H](CO)[C@@H](O)[C@H]2O)c(=O)[nH]1. The first-order valence-corrected chi connectivity index (χ1v) is 8.45. The van der Waals surface area contributed by atoms with Crippen molar-refractivity contribution in [1.82, 2.24) is 9.55 Å². The van der Waals surface area contributed by atoms with Crippen molar-refractivity contribution in [2.45, 2.75) is 24.5 Å². The zero-order valence-electron chi connectivity index (χ0n) is 14.3. The van der Waals surface area contributed by atoms with Crippen molar-refractivity contribution in [1.29, 1.82) is 0 Å². The van der Waals surface area contributed by atoms with Gasteiger partial charge in [0.2, 0.25) is 0 Å². The number of aliphatic hydroxyl groups excluding tert-OH is 4. The second-order valence-corrected chi connectivity index (χ2v) is 6.45. The van der Waals surface area contributed by atoms with Crippen LogP contribution >= 0.6 is 7.92 Å². The van der Waals surface area contributed by atoms with Gasteiger partial charge in [-0.25, -0.2) is 4.79 Å². The molecule has 1 aliphatic rings. The minimum Gasteiger partial charge on any atom is -0.394 e. The molecule has 5 N–H and O–H groups in total. The molecular formula is C14H23N3O8P+. The van der Waals surface area contributed by atoms with Crippen LogP contribution in [0.15, 0.2) is 21.9 Å². The summed E-state index contributed by atoms with van der Waals surface area (Å²) in [6, 6.07) is 1.09. The maximum atomic E-state index is 11.4. The Balaban J connectivity index is 0.000000321. The van der Waals surface area contributed by atoms with Crippen LogP contribution in [-0.4, -0.2) is 86.6 Å². The molecule has 1 saturated heterocycles. The predicted octanol–water partition coefficient (Wildman–Crippen LogP) is -2.59. The number of hydrogen-bond donors (Lipinski definition) is 5. The Bertz CT molecular complexity index is 802. The summed E-state index contributed by atoms with van der Waals surface area (Å²) in [7, 11) is 3.54. The first-order chi connectivity index (χ1) is 12.2. The average Bonchev–Trinajstić information content (AvgIpc) is 2.83. The second-order valence-electron chi connectivity index (χ2n) is 6.07. The van der Waals surface area contributed by atoms with E-state index in [1.54, 1.807) is 0 Å². The zero-order chi connectivity index (χ0) is 19.9. The van der Waals surface area contributed by atoms with Crippen LogP contribution in [0.25, 0.3) is 0 Å². The van der Waals surface area contributed by atoms with Gasteiger partial charge >= 0.3 is 60.8 Å². The molecule has 0 radical (unpaired) electrons. The molecule has 0 saturated carbocycles. The van der Waals surface area contributed by atoms with E-state index in [1.807, 2.05) is 19.1 Å². The van der Waals surface area contributed by atoms with Crippen LogP contribution in [0.2, 0.25) is 0 Å². The molecule has 1 aliphatic heterocycles. The molecule has 2 heterocycles. The number of likely N-dealkylation sites (N-methyl/N-ethyl adjacent to an activating group) is 1. The van der Waals surface area contributed by atoms with Crippen LogP contribution in [-0.2, 0) is 9.30 Å². The second kappa shape index (κ2) is 9.96. The number of ether oxygens (including phenoxy) is 1. The van der Waals surface area contributed by atoms with Crippen molar-refractivity contribution in [3.05, 3.63) is 33.1 Å². The molecule has 1 aromatic rings. The first-order valence-electron chi connectivity index (χ1n) is 7.64. The Morgan fingerprint density at radius 2 is 1.96 bits per heavy atom. The van der Waals surface area contributed by atoms with Crippen molar-refractivity contribution in [3.8, 4) is 5.75 Å². The fraction of sp³-hybridized carbons (Fsp3) is 0.643. The van der Waals surface area contributed by atoms with Crippen molar-refractivity contribution in [3.63, 3.8) is 0 Å². The van der Waals surface area contributed by atoms with Gasteiger partial charge in [0.1, 0.15) is 18.3 Å². The molecule has 0 spiro atoms. The summed E-state index contributed by atoms with van der Waals surface area (Å²) in [6.07, 6.45) is -3.58. The van der Waals surface area contributed by atoms with E-state index in [9.17, 15) is 24.4 Å². The van der Waals surface area contributed by atoms with Gasteiger partial charge in [0.05, 0.1) is 6.61 Å². The van der Waals surface area contributed by atoms with Crippen LogP contribution in [0, 0.1) is 5.75 Å². The smallest absolute Gasteiger partial charge is 0.330 e. The molecule has 2 rings (SSSR count). The van der Waals surface area contributed by atoms with E-state index in [0.717, 1.165) is 16.8 Å². The monoisotopic (exact) mass is 392 g/mol. The Morgan fingerprint density at radius 1 is 1.31 bits per heavy atom. The van der Waals surface area contributed by atoms with Gasteiger partial charge < -0.3 is 20.1 Å². The van der Waals surface area contributed by atoms with Gasteiger partial charge in [0.15, 0.2) is 6.23 Å². The minimum atomic E-state index is -1.35. The van der Waals surface area contributed by atoms with Gasteiger partial charge in [-0.1, -0.05) is 0 Å². The van der Waals surface area contributed by atoms with E-state index < -0.39 is 42.4 Å². The van der Waals surface area contributed by atoms with Gasteiger partial charge in [0, 0.05) is 12.3 Å². The van der Waals surface area contributed by atoms with Gasteiger partial charge in [-0.2, -0.15) is 0 Å².